The van der Waals surface area contributed by atoms with Crippen molar-refractivity contribution in [1.82, 2.24) is 4.98 Å². The number of amides is 1. The first kappa shape index (κ1) is 21.6. The second kappa shape index (κ2) is 9.29. The van der Waals surface area contributed by atoms with Gasteiger partial charge in [-0.2, -0.15) is 0 Å². The van der Waals surface area contributed by atoms with Gasteiger partial charge in [-0.25, -0.2) is 4.98 Å². The Morgan fingerprint density at radius 3 is 2.67 bits per heavy atom. The maximum Gasteiger partial charge on any atom is 0.267 e. The molecule has 0 spiro atoms. The standard InChI is InChI=1S/C26H23N3O2S2/c27-23-20-15-17-5-2-1-3-7-21(17)29-26(20)33-24(23)25(31)28-18-10-8-16(9-11-18)22(30)13-12-19-6-4-14-32-19/h4,6,8-15H,1-3,5,7,27H2,(H,28,31)/b13-12+. The first-order valence-corrected chi connectivity index (χ1v) is 12.7. The molecule has 3 N–H and O–H groups in total. The quantitative estimate of drug-likeness (QED) is 0.201. The average Bonchev–Trinajstić information content (AvgIpc) is 3.38. The van der Waals surface area contributed by atoms with Gasteiger partial charge in [0.05, 0.1) is 5.69 Å². The number of nitrogen functional groups attached to an aromatic ring is 1. The second-order valence-electron chi connectivity index (χ2n) is 8.10. The number of hydrogen-bond acceptors (Lipinski definition) is 6. The van der Waals surface area contributed by atoms with Crippen molar-refractivity contribution in [2.45, 2.75) is 32.1 Å². The fourth-order valence-corrected chi connectivity index (χ4v) is 5.66. The molecule has 1 aliphatic carbocycles. The van der Waals surface area contributed by atoms with E-state index in [1.807, 2.05) is 17.5 Å². The maximum absolute atomic E-state index is 12.9. The van der Waals surface area contributed by atoms with Crippen molar-refractivity contribution in [3.63, 3.8) is 0 Å². The van der Waals surface area contributed by atoms with E-state index in [4.69, 9.17) is 10.7 Å². The van der Waals surface area contributed by atoms with Crippen LogP contribution in [0.25, 0.3) is 16.3 Å². The Morgan fingerprint density at radius 2 is 1.88 bits per heavy atom. The lowest BCUT2D eigenvalue weighted by Gasteiger charge is -2.05. The smallest absolute Gasteiger partial charge is 0.267 e. The summed E-state index contributed by atoms with van der Waals surface area (Å²) in [5.74, 6) is -0.344. The van der Waals surface area contributed by atoms with Crippen molar-refractivity contribution in [3.05, 3.63) is 80.5 Å². The number of anilines is 2. The Labute approximate surface area is 200 Å². The summed E-state index contributed by atoms with van der Waals surface area (Å²) >= 11 is 2.91. The van der Waals surface area contributed by atoms with Gasteiger partial charge in [-0.3, -0.25) is 9.59 Å². The number of nitrogens with zero attached hydrogens (tertiary/aromatic N) is 1. The highest BCUT2D eigenvalue weighted by atomic mass is 32.1. The number of nitrogens with one attached hydrogen (secondary N) is 1. The summed E-state index contributed by atoms with van der Waals surface area (Å²) < 4.78 is 0. The van der Waals surface area contributed by atoms with Gasteiger partial charge >= 0.3 is 0 Å². The molecule has 5 nitrogen and oxygen atoms in total. The highest BCUT2D eigenvalue weighted by Gasteiger charge is 2.20. The van der Waals surface area contributed by atoms with Gasteiger partial charge in [0.1, 0.15) is 9.71 Å². The van der Waals surface area contributed by atoms with Gasteiger partial charge in [0.15, 0.2) is 5.78 Å². The zero-order valence-electron chi connectivity index (χ0n) is 18.0. The van der Waals surface area contributed by atoms with Crippen molar-refractivity contribution < 1.29 is 9.59 Å². The highest BCUT2D eigenvalue weighted by Crippen LogP contribution is 2.35. The number of ketones is 1. The average molecular weight is 474 g/mol. The Kier molecular flexibility index (Phi) is 6.07. The van der Waals surface area contributed by atoms with Gasteiger partial charge in [0, 0.05) is 27.2 Å². The van der Waals surface area contributed by atoms with E-state index in [0.717, 1.165) is 40.1 Å². The van der Waals surface area contributed by atoms with Crippen LogP contribution in [0.3, 0.4) is 0 Å². The van der Waals surface area contributed by atoms with Crippen molar-refractivity contribution in [2.75, 3.05) is 11.1 Å². The number of carbonyl (C=O) groups is 2. The van der Waals surface area contributed by atoms with Crippen LogP contribution in [0, 0.1) is 0 Å². The maximum atomic E-state index is 12.9. The molecule has 3 aromatic heterocycles. The summed E-state index contributed by atoms with van der Waals surface area (Å²) in [5, 5.41) is 5.73. The Balaban J connectivity index is 1.32. The molecule has 0 unspecified atom stereocenters. The third kappa shape index (κ3) is 4.60. The van der Waals surface area contributed by atoms with E-state index in [0.29, 0.717) is 21.8 Å². The minimum atomic E-state index is -0.262. The van der Waals surface area contributed by atoms with Crippen molar-refractivity contribution in [3.8, 4) is 0 Å². The zero-order chi connectivity index (χ0) is 22.8. The minimum Gasteiger partial charge on any atom is -0.397 e. The number of benzene rings is 1. The fourth-order valence-electron chi connectivity index (χ4n) is 4.05. The number of aryl methyl sites for hydroxylation is 2. The molecule has 1 amide bonds. The molecule has 0 saturated heterocycles. The molecule has 0 fully saturated rings. The molecule has 5 rings (SSSR count). The summed E-state index contributed by atoms with van der Waals surface area (Å²) in [6, 6.07) is 12.9. The Hall–Kier alpha value is -3.29. The van der Waals surface area contributed by atoms with Crippen LogP contribution in [-0.4, -0.2) is 16.7 Å². The summed E-state index contributed by atoms with van der Waals surface area (Å²) in [4.78, 5) is 32.5. The number of rotatable bonds is 5. The topological polar surface area (TPSA) is 85.1 Å². The first-order chi connectivity index (χ1) is 16.1. The number of nitrogens with two attached hydrogens (primary N) is 1. The Bertz CT molecular complexity index is 1350. The van der Waals surface area contributed by atoms with Crippen LogP contribution in [0.5, 0.6) is 0 Å². The van der Waals surface area contributed by atoms with Crippen LogP contribution < -0.4 is 11.1 Å². The molecule has 4 aromatic rings. The highest BCUT2D eigenvalue weighted by molar-refractivity contribution is 7.21. The van der Waals surface area contributed by atoms with Crippen LogP contribution in [0.1, 0.15) is 55.4 Å². The molecule has 0 atom stereocenters. The molecule has 0 radical (unpaired) electrons. The van der Waals surface area contributed by atoms with Crippen LogP contribution in [0.15, 0.2) is 53.9 Å². The molecule has 1 aromatic carbocycles. The molecule has 166 valence electrons. The zero-order valence-corrected chi connectivity index (χ0v) is 19.6. The van der Waals surface area contributed by atoms with Crippen molar-refractivity contribution >= 4 is 62.0 Å². The first-order valence-electron chi connectivity index (χ1n) is 11.0. The number of carbonyl (C=O) groups excluding carboxylic acids is 2. The van der Waals surface area contributed by atoms with Gasteiger partial charge in [0.25, 0.3) is 5.91 Å². The number of fused-ring (bicyclic) bond motifs is 2. The van der Waals surface area contributed by atoms with Gasteiger partial charge in [-0.05, 0) is 85.2 Å². The SMILES string of the molecule is Nc1c(C(=O)Nc2ccc(C(=O)/C=C/c3cccs3)cc2)sc2nc3c(cc12)CCCCC3. The third-order valence-corrected chi connectivity index (χ3v) is 7.78. The molecule has 7 heteroatoms. The predicted octanol–water partition coefficient (Wildman–Crippen LogP) is 6.36. The number of pyridine rings is 1. The van der Waals surface area contributed by atoms with Crippen LogP contribution >= 0.6 is 22.7 Å². The van der Waals surface area contributed by atoms with E-state index in [1.165, 1.54) is 29.7 Å². The van der Waals surface area contributed by atoms with E-state index in [-0.39, 0.29) is 11.7 Å². The fraction of sp³-hybridized carbons (Fsp3) is 0.192. The van der Waals surface area contributed by atoms with Gasteiger partial charge in [0.2, 0.25) is 0 Å². The minimum absolute atomic E-state index is 0.0825. The molecule has 3 heterocycles. The van der Waals surface area contributed by atoms with E-state index < -0.39 is 0 Å². The summed E-state index contributed by atoms with van der Waals surface area (Å²) in [6.07, 6.45) is 8.91. The number of allylic oxidation sites excluding steroid dienone is 1. The largest absolute Gasteiger partial charge is 0.397 e. The summed E-state index contributed by atoms with van der Waals surface area (Å²) in [6.45, 7) is 0. The van der Waals surface area contributed by atoms with E-state index in [1.54, 1.807) is 47.8 Å². The van der Waals surface area contributed by atoms with Gasteiger partial charge in [-0.1, -0.05) is 12.5 Å². The third-order valence-electron chi connectivity index (χ3n) is 5.83. The molecule has 0 saturated carbocycles. The lowest BCUT2D eigenvalue weighted by Crippen LogP contribution is -2.12. The van der Waals surface area contributed by atoms with E-state index in [9.17, 15) is 9.59 Å². The second-order valence-corrected chi connectivity index (χ2v) is 10.1. The number of hydrogen-bond donors (Lipinski definition) is 2. The lowest BCUT2D eigenvalue weighted by atomic mass is 10.1. The summed E-state index contributed by atoms with van der Waals surface area (Å²) in [5.41, 5.74) is 10.4. The normalized spacial score (nSPS) is 13.7. The Morgan fingerprint density at radius 1 is 1.06 bits per heavy atom. The van der Waals surface area contributed by atoms with Crippen LogP contribution in [0.2, 0.25) is 0 Å². The molecule has 0 aliphatic heterocycles. The number of aromatic nitrogens is 1. The summed E-state index contributed by atoms with van der Waals surface area (Å²) in [7, 11) is 0. The molecule has 1 aliphatic rings. The lowest BCUT2D eigenvalue weighted by molar-refractivity contribution is 0.102. The van der Waals surface area contributed by atoms with E-state index in [2.05, 4.69) is 11.4 Å². The number of thiophene rings is 2. The molecule has 0 bridgehead atoms. The van der Waals surface area contributed by atoms with Crippen molar-refractivity contribution in [1.29, 1.82) is 0 Å². The van der Waals surface area contributed by atoms with Gasteiger partial charge < -0.3 is 11.1 Å². The van der Waals surface area contributed by atoms with E-state index >= 15 is 0 Å². The van der Waals surface area contributed by atoms with Gasteiger partial charge in [-0.15, -0.1) is 22.7 Å². The van der Waals surface area contributed by atoms with Crippen LogP contribution in [-0.2, 0) is 12.8 Å². The van der Waals surface area contributed by atoms with Crippen molar-refractivity contribution in [2.24, 2.45) is 0 Å². The predicted molar refractivity (Wildman–Crippen MR) is 137 cm³/mol. The molecular formula is C26H23N3O2S2. The van der Waals surface area contributed by atoms with Crippen LogP contribution in [0.4, 0.5) is 11.4 Å². The monoisotopic (exact) mass is 473 g/mol. The molecular weight excluding hydrogens is 450 g/mol. The molecule has 33 heavy (non-hydrogen) atoms.